The lowest BCUT2D eigenvalue weighted by Gasteiger charge is -2.41. The van der Waals surface area contributed by atoms with E-state index in [0.717, 1.165) is 11.5 Å². The summed E-state index contributed by atoms with van der Waals surface area (Å²) in [5.41, 5.74) is 8.90. The smallest absolute Gasteiger partial charge is 0.194 e. The van der Waals surface area contributed by atoms with Crippen LogP contribution < -0.4 is 5.73 Å². The van der Waals surface area contributed by atoms with E-state index in [1.54, 1.807) is 11.3 Å². The standard InChI is InChI=1S/C14H15N3S/c15-9-14(4-1-5-14)10-2-3-11-12(8-10)18-13-16-6-7-17(11)13/h2-3,6-8H,1,4-5,9,15H2. The number of hydrogen-bond acceptors (Lipinski definition) is 3. The largest absolute Gasteiger partial charge is 0.330 e. The van der Waals surface area contributed by atoms with E-state index in [1.807, 2.05) is 12.4 Å². The monoisotopic (exact) mass is 257 g/mol. The van der Waals surface area contributed by atoms with Gasteiger partial charge in [0.25, 0.3) is 0 Å². The van der Waals surface area contributed by atoms with Crippen LogP contribution in [-0.4, -0.2) is 15.9 Å². The molecule has 1 fully saturated rings. The number of fused-ring (bicyclic) bond motifs is 3. The predicted molar refractivity (Wildman–Crippen MR) is 75.2 cm³/mol. The molecule has 1 aromatic carbocycles. The number of nitrogens with two attached hydrogens (primary N) is 1. The Labute approximate surface area is 109 Å². The summed E-state index contributed by atoms with van der Waals surface area (Å²) >= 11 is 1.75. The van der Waals surface area contributed by atoms with Gasteiger partial charge in [0.05, 0.1) is 10.2 Å². The number of rotatable bonds is 2. The molecular formula is C14H15N3S. The summed E-state index contributed by atoms with van der Waals surface area (Å²) < 4.78 is 3.47. The lowest BCUT2D eigenvalue weighted by molar-refractivity contribution is 0.253. The van der Waals surface area contributed by atoms with Gasteiger partial charge >= 0.3 is 0 Å². The van der Waals surface area contributed by atoms with Crippen molar-refractivity contribution in [1.29, 1.82) is 0 Å². The zero-order valence-electron chi connectivity index (χ0n) is 10.1. The molecule has 1 aliphatic carbocycles. The van der Waals surface area contributed by atoms with Gasteiger partial charge in [0, 0.05) is 24.4 Å². The molecule has 0 radical (unpaired) electrons. The third kappa shape index (κ3) is 1.25. The van der Waals surface area contributed by atoms with Crippen LogP contribution in [0.2, 0.25) is 0 Å². The number of aromatic nitrogens is 2. The van der Waals surface area contributed by atoms with Gasteiger partial charge in [-0.15, -0.1) is 0 Å². The summed E-state index contributed by atoms with van der Waals surface area (Å²) in [6, 6.07) is 6.78. The second-order valence-corrected chi connectivity index (χ2v) is 6.21. The third-order valence-corrected chi connectivity index (χ3v) is 5.37. The van der Waals surface area contributed by atoms with E-state index in [-0.39, 0.29) is 5.41 Å². The van der Waals surface area contributed by atoms with E-state index in [9.17, 15) is 0 Å². The lowest BCUT2D eigenvalue weighted by Crippen LogP contribution is -2.41. The van der Waals surface area contributed by atoms with E-state index in [2.05, 4.69) is 27.6 Å². The molecule has 2 N–H and O–H groups in total. The maximum Gasteiger partial charge on any atom is 0.194 e. The van der Waals surface area contributed by atoms with Crippen LogP contribution in [0.5, 0.6) is 0 Å². The zero-order chi connectivity index (χ0) is 12.2. The van der Waals surface area contributed by atoms with Crippen LogP contribution in [0.1, 0.15) is 24.8 Å². The van der Waals surface area contributed by atoms with Gasteiger partial charge in [0.1, 0.15) is 0 Å². The Morgan fingerprint density at radius 1 is 1.39 bits per heavy atom. The number of imidazole rings is 1. The molecule has 4 rings (SSSR count). The topological polar surface area (TPSA) is 43.3 Å². The van der Waals surface area contributed by atoms with Gasteiger partial charge in [-0.2, -0.15) is 0 Å². The minimum Gasteiger partial charge on any atom is -0.330 e. The second kappa shape index (κ2) is 3.56. The lowest BCUT2D eigenvalue weighted by atomic mass is 9.64. The summed E-state index contributed by atoms with van der Waals surface area (Å²) in [6.45, 7) is 0.765. The van der Waals surface area contributed by atoms with Crippen molar-refractivity contribution in [3.8, 4) is 0 Å². The molecule has 0 unspecified atom stereocenters. The minimum atomic E-state index is 0.250. The molecule has 4 heteroatoms. The number of nitrogens with zero attached hydrogens (tertiary/aromatic N) is 2. The molecule has 0 spiro atoms. The molecule has 0 amide bonds. The summed E-state index contributed by atoms with van der Waals surface area (Å²) in [5.74, 6) is 0. The molecule has 0 atom stereocenters. The summed E-state index contributed by atoms with van der Waals surface area (Å²) in [7, 11) is 0. The Morgan fingerprint density at radius 2 is 2.28 bits per heavy atom. The van der Waals surface area contributed by atoms with E-state index < -0.39 is 0 Å². The zero-order valence-corrected chi connectivity index (χ0v) is 10.9. The van der Waals surface area contributed by atoms with E-state index in [4.69, 9.17) is 5.73 Å². The van der Waals surface area contributed by atoms with Crippen molar-refractivity contribution in [1.82, 2.24) is 9.38 Å². The van der Waals surface area contributed by atoms with Gasteiger partial charge in [0.15, 0.2) is 4.96 Å². The molecule has 0 bridgehead atoms. The fourth-order valence-electron chi connectivity index (χ4n) is 2.99. The molecule has 1 aliphatic rings. The van der Waals surface area contributed by atoms with Crippen molar-refractivity contribution in [3.05, 3.63) is 36.2 Å². The van der Waals surface area contributed by atoms with Gasteiger partial charge in [-0.1, -0.05) is 23.8 Å². The highest BCUT2D eigenvalue weighted by atomic mass is 32.1. The van der Waals surface area contributed by atoms with Crippen LogP contribution in [0.15, 0.2) is 30.6 Å². The molecule has 3 nitrogen and oxygen atoms in total. The van der Waals surface area contributed by atoms with Gasteiger partial charge in [-0.3, -0.25) is 4.40 Å². The first-order valence-corrected chi connectivity index (χ1v) is 7.20. The van der Waals surface area contributed by atoms with E-state index in [1.165, 1.54) is 35.0 Å². The van der Waals surface area contributed by atoms with Crippen LogP contribution >= 0.6 is 11.3 Å². The molecule has 18 heavy (non-hydrogen) atoms. The van der Waals surface area contributed by atoms with Crippen molar-refractivity contribution in [2.75, 3.05) is 6.54 Å². The summed E-state index contributed by atoms with van der Waals surface area (Å²) in [6.07, 6.45) is 7.65. The number of hydrogen-bond donors (Lipinski definition) is 1. The molecule has 2 aromatic heterocycles. The highest BCUT2D eigenvalue weighted by Crippen LogP contribution is 2.44. The Balaban J connectivity index is 1.93. The Morgan fingerprint density at radius 3 is 3.00 bits per heavy atom. The first-order valence-electron chi connectivity index (χ1n) is 6.39. The van der Waals surface area contributed by atoms with Crippen molar-refractivity contribution in [2.24, 2.45) is 5.73 Å². The van der Waals surface area contributed by atoms with Crippen molar-refractivity contribution in [2.45, 2.75) is 24.7 Å². The fourth-order valence-corrected chi connectivity index (χ4v) is 4.01. The SMILES string of the molecule is NCC1(c2ccc3c(c2)sc2nccn23)CCC1. The maximum atomic E-state index is 5.99. The van der Waals surface area contributed by atoms with Crippen molar-refractivity contribution >= 4 is 26.5 Å². The van der Waals surface area contributed by atoms with Crippen LogP contribution in [0.3, 0.4) is 0 Å². The average Bonchev–Trinajstić information content (AvgIpc) is 2.87. The van der Waals surface area contributed by atoms with Crippen LogP contribution in [0, 0.1) is 0 Å². The molecule has 0 saturated heterocycles. The van der Waals surface area contributed by atoms with E-state index in [0.29, 0.717) is 0 Å². The van der Waals surface area contributed by atoms with Crippen LogP contribution in [0.25, 0.3) is 15.2 Å². The van der Waals surface area contributed by atoms with Crippen molar-refractivity contribution in [3.63, 3.8) is 0 Å². The molecule has 1 saturated carbocycles. The average molecular weight is 257 g/mol. The second-order valence-electron chi connectivity index (χ2n) is 5.20. The molecular weight excluding hydrogens is 242 g/mol. The third-order valence-electron chi connectivity index (χ3n) is 4.34. The van der Waals surface area contributed by atoms with Gasteiger partial charge in [-0.05, 0) is 30.5 Å². The van der Waals surface area contributed by atoms with Gasteiger partial charge < -0.3 is 5.73 Å². The normalized spacial score (nSPS) is 18.3. The predicted octanol–water partition coefficient (Wildman–Crippen LogP) is 2.93. The molecule has 3 aromatic rings. The maximum absolute atomic E-state index is 5.99. The summed E-state index contributed by atoms with van der Waals surface area (Å²) in [4.78, 5) is 5.43. The Kier molecular flexibility index (Phi) is 2.08. The first-order chi connectivity index (χ1) is 8.82. The summed E-state index contributed by atoms with van der Waals surface area (Å²) in [5, 5.41) is 0. The highest BCUT2D eigenvalue weighted by Gasteiger charge is 2.37. The Hall–Kier alpha value is -1.39. The first kappa shape index (κ1) is 10.5. The van der Waals surface area contributed by atoms with E-state index >= 15 is 0 Å². The molecule has 0 aliphatic heterocycles. The van der Waals surface area contributed by atoms with Crippen LogP contribution in [-0.2, 0) is 5.41 Å². The van der Waals surface area contributed by atoms with Gasteiger partial charge in [-0.25, -0.2) is 4.98 Å². The highest BCUT2D eigenvalue weighted by molar-refractivity contribution is 7.23. The number of benzene rings is 1. The fraction of sp³-hybridized carbons (Fsp3) is 0.357. The number of thiazole rings is 1. The quantitative estimate of drug-likeness (QED) is 0.767. The molecule has 2 heterocycles. The molecule has 92 valence electrons. The minimum absolute atomic E-state index is 0.250. The van der Waals surface area contributed by atoms with Crippen molar-refractivity contribution < 1.29 is 0 Å². The van der Waals surface area contributed by atoms with Gasteiger partial charge in [0.2, 0.25) is 0 Å². The van der Waals surface area contributed by atoms with Crippen LogP contribution in [0.4, 0.5) is 0 Å². The Bertz CT molecular complexity index is 715.